The van der Waals surface area contributed by atoms with Gasteiger partial charge in [0, 0.05) is 24.5 Å². The van der Waals surface area contributed by atoms with Crippen molar-refractivity contribution in [3.05, 3.63) is 22.9 Å². The number of nitrogens with zero attached hydrogens (tertiary/aromatic N) is 1. The Morgan fingerprint density at radius 2 is 2.40 bits per heavy atom. The SMILES string of the molecule is CCSCC(N)C(=O)NC1CC(C2=CC(N)=NCC2)CC2=C1CNN2. The van der Waals surface area contributed by atoms with Crippen molar-refractivity contribution in [3.63, 3.8) is 0 Å². The summed E-state index contributed by atoms with van der Waals surface area (Å²) in [4.78, 5) is 16.7. The maximum atomic E-state index is 12.5. The van der Waals surface area contributed by atoms with Crippen molar-refractivity contribution in [3.8, 4) is 0 Å². The van der Waals surface area contributed by atoms with Crippen molar-refractivity contribution in [2.24, 2.45) is 22.4 Å². The maximum absolute atomic E-state index is 12.5. The van der Waals surface area contributed by atoms with E-state index in [1.54, 1.807) is 11.8 Å². The van der Waals surface area contributed by atoms with Gasteiger partial charge in [-0.25, -0.2) is 5.43 Å². The number of dihydropyridines is 1. The Kier molecular flexibility index (Phi) is 6.03. The molecule has 0 saturated carbocycles. The van der Waals surface area contributed by atoms with E-state index in [1.807, 2.05) is 6.08 Å². The summed E-state index contributed by atoms with van der Waals surface area (Å²) in [6, 6.07) is -0.448. The third kappa shape index (κ3) is 4.37. The van der Waals surface area contributed by atoms with E-state index in [9.17, 15) is 4.79 Å². The number of allylic oxidation sites excluding steroid dienone is 1. The predicted octanol–water partition coefficient (Wildman–Crippen LogP) is 0.0108. The summed E-state index contributed by atoms with van der Waals surface area (Å²) in [5.74, 6) is 2.53. The van der Waals surface area contributed by atoms with Crippen LogP contribution < -0.4 is 27.6 Å². The van der Waals surface area contributed by atoms with Gasteiger partial charge in [-0.3, -0.25) is 9.79 Å². The van der Waals surface area contributed by atoms with Crippen LogP contribution in [0, 0.1) is 5.92 Å². The lowest BCUT2D eigenvalue weighted by molar-refractivity contribution is -0.122. The Bertz CT molecular complexity index is 614. The highest BCUT2D eigenvalue weighted by Crippen LogP contribution is 2.36. The fourth-order valence-corrected chi connectivity index (χ4v) is 4.32. The van der Waals surface area contributed by atoms with E-state index in [0.717, 1.165) is 38.1 Å². The highest BCUT2D eigenvalue weighted by Gasteiger charge is 2.35. The van der Waals surface area contributed by atoms with Gasteiger partial charge in [-0.15, -0.1) is 0 Å². The van der Waals surface area contributed by atoms with Crippen LogP contribution in [0.3, 0.4) is 0 Å². The molecule has 0 spiro atoms. The van der Waals surface area contributed by atoms with Crippen LogP contribution in [-0.2, 0) is 4.79 Å². The first-order chi connectivity index (χ1) is 12.1. The third-order valence-corrected chi connectivity index (χ3v) is 6.01. The molecule has 0 aromatic carbocycles. The largest absolute Gasteiger partial charge is 0.384 e. The van der Waals surface area contributed by atoms with Gasteiger partial charge in [0.2, 0.25) is 5.91 Å². The molecule has 1 amide bonds. The first kappa shape index (κ1) is 18.3. The molecule has 3 rings (SSSR count). The van der Waals surface area contributed by atoms with Crippen LogP contribution in [-0.4, -0.2) is 48.4 Å². The molecule has 7 nitrogen and oxygen atoms in total. The Balaban J connectivity index is 1.70. The molecule has 3 unspecified atom stereocenters. The summed E-state index contributed by atoms with van der Waals surface area (Å²) in [5, 5.41) is 3.18. The summed E-state index contributed by atoms with van der Waals surface area (Å²) < 4.78 is 0. The van der Waals surface area contributed by atoms with Gasteiger partial charge in [0.15, 0.2) is 0 Å². The Morgan fingerprint density at radius 3 is 3.16 bits per heavy atom. The van der Waals surface area contributed by atoms with Gasteiger partial charge in [-0.2, -0.15) is 11.8 Å². The van der Waals surface area contributed by atoms with Crippen molar-refractivity contribution < 1.29 is 4.79 Å². The zero-order valence-electron chi connectivity index (χ0n) is 14.7. The first-order valence-electron chi connectivity index (χ1n) is 8.93. The minimum atomic E-state index is -0.464. The normalized spacial score (nSPS) is 27.1. The molecule has 25 heavy (non-hydrogen) atoms. The van der Waals surface area contributed by atoms with Crippen LogP contribution in [0.5, 0.6) is 0 Å². The lowest BCUT2D eigenvalue weighted by atomic mass is 9.78. The summed E-state index contributed by atoms with van der Waals surface area (Å²) in [6.07, 6.45) is 4.78. The van der Waals surface area contributed by atoms with E-state index < -0.39 is 6.04 Å². The zero-order chi connectivity index (χ0) is 17.8. The average molecular weight is 365 g/mol. The summed E-state index contributed by atoms with van der Waals surface area (Å²) >= 11 is 1.69. The summed E-state index contributed by atoms with van der Waals surface area (Å²) in [7, 11) is 0. The van der Waals surface area contributed by atoms with Crippen LogP contribution in [0.2, 0.25) is 0 Å². The predicted molar refractivity (Wildman–Crippen MR) is 103 cm³/mol. The molecular weight excluding hydrogens is 336 g/mol. The van der Waals surface area contributed by atoms with E-state index in [-0.39, 0.29) is 11.9 Å². The second-order valence-corrected chi connectivity index (χ2v) is 8.04. The average Bonchev–Trinajstić information content (AvgIpc) is 3.08. The number of carbonyl (C=O) groups excluding carboxylic acids is 1. The van der Waals surface area contributed by atoms with Crippen LogP contribution in [0.25, 0.3) is 0 Å². The number of rotatable bonds is 6. The van der Waals surface area contributed by atoms with Crippen molar-refractivity contribution in [1.82, 2.24) is 16.2 Å². The number of aliphatic imine (C=N–C) groups is 1. The molecule has 2 aliphatic heterocycles. The van der Waals surface area contributed by atoms with Gasteiger partial charge in [0.05, 0.1) is 12.1 Å². The molecule has 0 saturated heterocycles. The second-order valence-electron chi connectivity index (χ2n) is 6.72. The number of thioether (sulfide) groups is 1. The second kappa shape index (κ2) is 8.25. The summed E-state index contributed by atoms with van der Waals surface area (Å²) in [5.41, 5.74) is 22.1. The summed E-state index contributed by atoms with van der Waals surface area (Å²) in [6.45, 7) is 3.58. The van der Waals surface area contributed by atoms with E-state index in [4.69, 9.17) is 11.5 Å². The van der Waals surface area contributed by atoms with Gasteiger partial charge in [0.1, 0.15) is 5.84 Å². The number of hydrogen-bond donors (Lipinski definition) is 5. The Labute approximate surface area is 153 Å². The van der Waals surface area contributed by atoms with E-state index in [2.05, 4.69) is 28.1 Å². The van der Waals surface area contributed by atoms with Crippen molar-refractivity contribution in [1.29, 1.82) is 0 Å². The molecule has 0 aromatic rings. The van der Waals surface area contributed by atoms with Crippen LogP contribution in [0.4, 0.5) is 0 Å². The van der Waals surface area contributed by atoms with Gasteiger partial charge in [0.25, 0.3) is 0 Å². The molecule has 8 heteroatoms. The van der Waals surface area contributed by atoms with Gasteiger partial charge in [-0.1, -0.05) is 12.5 Å². The lowest BCUT2D eigenvalue weighted by Gasteiger charge is -2.33. The molecule has 7 N–H and O–H groups in total. The molecule has 2 heterocycles. The van der Waals surface area contributed by atoms with Crippen molar-refractivity contribution in [2.75, 3.05) is 24.6 Å². The number of hydrogen-bond acceptors (Lipinski definition) is 7. The molecule has 3 aliphatic rings. The molecule has 0 radical (unpaired) electrons. The van der Waals surface area contributed by atoms with Gasteiger partial charge < -0.3 is 22.2 Å². The Hall–Kier alpha value is -1.51. The topological polar surface area (TPSA) is 118 Å². The van der Waals surface area contributed by atoms with Crippen LogP contribution in [0.1, 0.15) is 26.2 Å². The number of amides is 1. The third-order valence-electron chi connectivity index (χ3n) is 5.00. The molecule has 1 aliphatic carbocycles. The minimum Gasteiger partial charge on any atom is -0.384 e. The van der Waals surface area contributed by atoms with Crippen LogP contribution >= 0.6 is 11.8 Å². The van der Waals surface area contributed by atoms with Gasteiger partial charge in [-0.05, 0) is 42.6 Å². The van der Waals surface area contributed by atoms with E-state index >= 15 is 0 Å². The first-order valence-corrected chi connectivity index (χ1v) is 10.1. The number of nitrogens with two attached hydrogens (primary N) is 2. The smallest absolute Gasteiger partial charge is 0.238 e. The number of hydrazine groups is 1. The van der Waals surface area contributed by atoms with Crippen molar-refractivity contribution >= 4 is 23.5 Å². The molecule has 0 bridgehead atoms. The highest BCUT2D eigenvalue weighted by molar-refractivity contribution is 7.99. The fourth-order valence-electron chi connectivity index (χ4n) is 3.68. The number of nitrogens with one attached hydrogen (secondary N) is 3. The quantitative estimate of drug-likeness (QED) is 0.453. The maximum Gasteiger partial charge on any atom is 0.238 e. The van der Waals surface area contributed by atoms with Crippen molar-refractivity contribution in [2.45, 2.75) is 38.3 Å². The van der Waals surface area contributed by atoms with E-state index in [1.165, 1.54) is 16.8 Å². The Morgan fingerprint density at radius 1 is 1.56 bits per heavy atom. The highest BCUT2D eigenvalue weighted by atomic mass is 32.2. The van der Waals surface area contributed by atoms with Crippen LogP contribution in [0.15, 0.2) is 27.9 Å². The number of amidine groups is 1. The monoisotopic (exact) mass is 364 g/mol. The molecular formula is C17H28N6OS. The zero-order valence-corrected chi connectivity index (χ0v) is 15.5. The molecule has 0 aromatic heterocycles. The lowest BCUT2D eigenvalue weighted by Crippen LogP contribution is -2.49. The fraction of sp³-hybridized carbons (Fsp3) is 0.647. The van der Waals surface area contributed by atoms with E-state index in [0.29, 0.717) is 17.5 Å². The molecule has 3 atom stereocenters. The minimum absolute atomic E-state index is 0.0161. The van der Waals surface area contributed by atoms with Gasteiger partial charge >= 0.3 is 0 Å². The molecule has 0 fully saturated rings. The number of carbonyl (C=O) groups is 1. The molecule has 138 valence electrons. The standard InChI is InChI=1S/C17H28N6OS/c1-2-25-9-13(18)17(24)22-14-5-11(6-15-12(14)8-21-23-15)10-3-4-20-16(19)7-10/h7,11,13-14,21,23H,2-6,8-9,18H2,1H3,(H2,19,20)(H,22,24).